The second-order valence-electron chi connectivity index (χ2n) is 15.0. The highest BCUT2D eigenvalue weighted by molar-refractivity contribution is 6.03. The summed E-state index contributed by atoms with van der Waals surface area (Å²) in [6, 6.07) is 51.1. The molecule has 0 bridgehead atoms. The molecule has 0 radical (unpaired) electrons. The van der Waals surface area contributed by atoms with Crippen molar-refractivity contribution in [1.82, 2.24) is 0 Å². The molecule has 10 rings (SSSR count). The van der Waals surface area contributed by atoms with Crippen LogP contribution >= 0.6 is 0 Å². The van der Waals surface area contributed by atoms with Crippen molar-refractivity contribution in [3.8, 4) is 22.6 Å². The summed E-state index contributed by atoms with van der Waals surface area (Å²) in [5.74, 6) is 1.74. The predicted octanol–water partition coefficient (Wildman–Crippen LogP) is 13.1. The lowest BCUT2D eigenvalue weighted by Crippen LogP contribution is -2.33. The first kappa shape index (κ1) is 29.1. The molecule has 3 aliphatic rings. The van der Waals surface area contributed by atoms with E-state index >= 15 is 0 Å². The molecule has 0 aromatic heterocycles. The number of hydrogen-bond donors (Lipinski definition) is 0. The van der Waals surface area contributed by atoms with Gasteiger partial charge in [0, 0.05) is 21.9 Å². The van der Waals surface area contributed by atoms with E-state index in [1.54, 1.807) is 0 Å². The Hall–Kier alpha value is -5.80. The Kier molecular flexibility index (Phi) is 5.90. The molecule has 2 heterocycles. The van der Waals surface area contributed by atoms with E-state index in [9.17, 15) is 0 Å². The molecule has 0 spiro atoms. The second kappa shape index (κ2) is 10.1. The van der Waals surface area contributed by atoms with Crippen LogP contribution < -0.4 is 14.5 Å². The van der Waals surface area contributed by atoms with Crippen molar-refractivity contribution >= 4 is 44.9 Å². The molecule has 242 valence electrons. The van der Waals surface area contributed by atoms with Crippen LogP contribution in [0.3, 0.4) is 0 Å². The van der Waals surface area contributed by atoms with Gasteiger partial charge in [-0.1, -0.05) is 131 Å². The second-order valence-corrected chi connectivity index (χ2v) is 15.0. The molecule has 0 N–H and O–H groups in total. The van der Waals surface area contributed by atoms with E-state index in [0.29, 0.717) is 0 Å². The molecule has 2 aliphatic heterocycles. The third-order valence-corrected chi connectivity index (χ3v) is 11.5. The first-order valence-electron chi connectivity index (χ1n) is 17.6. The Morgan fingerprint density at radius 1 is 0.540 bits per heavy atom. The summed E-state index contributed by atoms with van der Waals surface area (Å²) in [5.41, 5.74) is 15.4. The number of ether oxygens (including phenoxy) is 1. The van der Waals surface area contributed by atoms with Crippen molar-refractivity contribution in [3.05, 3.63) is 167 Å². The zero-order chi connectivity index (χ0) is 33.9. The third kappa shape index (κ3) is 3.81. The number of nitrogens with zero attached hydrogens (tertiary/aromatic N) is 2. The molecule has 7 aromatic rings. The van der Waals surface area contributed by atoms with Crippen molar-refractivity contribution in [2.45, 2.75) is 45.4 Å². The maximum atomic E-state index is 7.18. The number of anilines is 6. The number of fused-ring (bicyclic) bond motifs is 8. The standard InChI is InChI=1S/C47H38N2O/c1-29-14-12-23-42-43(29)49-40-21-11-10-20-36(40)47(4,5)37-26-27-41(45(50-42)44(37)49)48(39-22-13-16-30-15-6-7-17-32(30)39)31-24-25-34-33-18-8-9-19-35(33)46(2,3)38(34)28-31/h6-28H,1-5H3. The van der Waals surface area contributed by atoms with Gasteiger partial charge in [0.2, 0.25) is 0 Å². The van der Waals surface area contributed by atoms with Gasteiger partial charge in [0.05, 0.1) is 28.4 Å². The summed E-state index contributed by atoms with van der Waals surface area (Å²) in [6.45, 7) is 11.6. The summed E-state index contributed by atoms with van der Waals surface area (Å²) in [7, 11) is 0. The van der Waals surface area contributed by atoms with E-state index in [-0.39, 0.29) is 10.8 Å². The zero-order valence-corrected chi connectivity index (χ0v) is 29.1. The van der Waals surface area contributed by atoms with Crippen molar-refractivity contribution < 1.29 is 4.74 Å². The number of hydrogen-bond acceptors (Lipinski definition) is 3. The molecule has 0 saturated carbocycles. The lowest BCUT2D eigenvalue weighted by molar-refractivity contribution is 0.472. The summed E-state index contributed by atoms with van der Waals surface area (Å²) >= 11 is 0. The van der Waals surface area contributed by atoms with Crippen LogP contribution in [0.2, 0.25) is 0 Å². The van der Waals surface area contributed by atoms with Gasteiger partial charge in [-0.25, -0.2) is 0 Å². The molecule has 0 atom stereocenters. The highest BCUT2D eigenvalue weighted by Gasteiger charge is 2.44. The van der Waals surface area contributed by atoms with Gasteiger partial charge in [-0.05, 0) is 87.7 Å². The fraction of sp³-hybridized carbons (Fsp3) is 0.149. The molecule has 3 nitrogen and oxygen atoms in total. The van der Waals surface area contributed by atoms with Crippen LogP contribution in [0.5, 0.6) is 11.5 Å². The van der Waals surface area contributed by atoms with Crippen molar-refractivity contribution in [1.29, 1.82) is 0 Å². The molecule has 7 aromatic carbocycles. The summed E-state index contributed by atoms with van der Waals surface area (Å²) in [5, 5.41) is 2.40. The zero-order valence-electron chi connectivity index (χ0n) is 29.1. The van der Waals surface area contributed by atoms with Crippen molar-refractivity contribution in [2.75, 3.05) is 9.80 Å². The third-order valence-electron chi connectivity index (χ3n) is 11.5. The SMILES string of the molecule is Cc1cccc2c1N1c3ccccc3C(C)(C)c3ccc(N(c4ccc5c(c4)C(C)(C)c4ccccc4-5)c4cccc5ccccc45)c(c31)O2. The normalized spacial score (nSPS) is 15.3. The van der Waals surface area contributed by atoms with Gasteiger partial charge in [-0.15, -0.1) is 0 Å². The van der Waals surface area contributed by atoms with Crippen LogP contribution in [-0.2, 0) is 10.8 Å². The molecule has 50 heavy (non-hydrogen) atoms. The van der Waals surface area contributed by atoms with E-state index < -0.39 is 0 Å². The Morgan fingerprint density at radius 3 is 2.12 bits per heavy atom. The lowest BCUT2D eigenvalue weighted by atomic mass is 9.73. The van der Waals surface area contributed by atoms with Crippen molar-refractivity contribution in [3.63, 3.8) is 0 Å². The molecule has 0 fully saturated rings. The van der Waals surface area contributed by atoms with Crippen LogP contribution in [0.25, 0.3) is 21.9 Å². The highest BCUT2D eigenvalue weighted by atomic mass is 16.5. The Morgan fingerprint density at radius 2 is 1.24 bits per heavy atom. The Bertz CT molecular complexity index is 2550. The fourth-order valence-electron chi connectivity index (χ4n) is 9.01. The number of para-hydroxylation sites is 2. The minimum atomic E-state index is -0.229. The maximum Gasteiger partial charge on any atom is 0.175 e. The van der Waals surface area contributed by atoms with Crippen molar-refractivity contribution in [2.24, 2.45) is 0 Å². The predicted molar refractivity (Wildman–Crippen MR) is 208 cm³/mol. The highest BCUT2D eigenvalue weighted by Crippen LogP contribution is 2.63. The van der Waals surface area contributed by atoms with Gasteiger partial charge in [-0.2, -0.15) is 0 Å². The number of benzene rings is 7. The summed E-state index contributed by atoms with van der Waals surface area (Å²) in [6.07, 6.45) is 0. The van der Waals surface area contributed by atoms with Gasteiger partial charge < -0.3 is 14.5 Å². The van der Waals surface area contributed by atoms with Crippen LogP contribution in [0.4, 0.5) is 34.1 Å². The Balaban J connectivity index is 1.28. The number of rotatable bonds is 3. The molecule has 0 unspecified atom stereocenters. The topological polar surface area (TPSA) is 15.7 Å². The van der Waals surface area contributed by atoms with E-state index in [1.807, 2.05) is 0 Å². The maximum absolute atomic E-state index is 7.18. The largest absolute Gasteiger partial charge is 0.451 e. The first-order chi connectivity index (χ1) is 24.2. The average Bonchev–Trinajstić information content (AvgIpc) is 3.36. The van der Waals surface area contributed by atoms with E-state index in [1.165, 1.54) is 55.4 Å². The molecular formula is C47H38N2O. The average molecular weight is 647 g/mol. The van der Waals surface area contributed by atoms with E-state index in [2.05, 4.69) is 184 Å². The van der Waals surface area contributed by atoms with Crippen LogP contribution in [-0.4, -0.2) is 0 Å². The molecule has 0 saturated heterocycles. The number of aryl methyl sites for hydroxylation is 1. The first-order valence-corrected chi connectivity index (χ1v) is 17.6. The van der Waals surface area contributed by atoms with Gasteiger partial charge in [0.1, 0.15) is 0 Å². The van der Waals surface area contributed by atoms with Crippen LogP contribution in [0, 0.1) is 6.92 Å². The monoisotopic (exact) mass is 646 g/mol. The van der Waals surface area contributed by atoms with Gasteiger partial charge in [0.25, 0.3) is 0 Å². The van der Waals surface area contributed by atoms with E-state index in [4.69, 9.17) is 4.74 Å². The summed E-state index contributed by atoms with van der Waals surface area (Å²) in [4.78, 5) is 4.90. The van der Waals surface area contributed by atoms with Crippen LogP contribution in [0.15, 0.2) is 140 Å². The summed E-state index contributed by atoms with van der Waals surface area (Å²) < 4.78 is 7.18. The quantitative estimate of drug-likeness (QED) is 0.190. The lowest BCUT2D eigenvalue weighted by Gasteiger charge is -2.46. The molecule has 3 heteroatoms. The molecule has 1 aliphatic carbocycles. The molecule has 0 amide bonds. The molecular weight excluding hydrogens is 609 g/mol. The van der Waals surface area contributed by atoms with E-state index in [0.717, 1.165) is 39.9 Å². The van der Waals surface area contributed by atoms with Gasteiger partial charge in [0.15, 0.2) is 11.5 Å². The van der Waals surface area contributed by atoms with Gasteiger partial charge in [-0.3, -0.25) is 0 Å². The minimum Gasteiger partial charge on any atom is -0.451 e. The smallest absolute Gasteiger partial charge is 0.175 e. The minimum absolute atomic E-state index is 0.131. The van der Waals surface area contributed by atoms with Crippen LogP contribution in [0.1, 0.15) is 55.5 Å². The van der Waals surface area contributed by atoms with Gasteiger partial charge >= 0.3 is 0 Å². The Labute approximate surface area is 294 Å². The fourth-order valence-corrected chi connectivity index (χ4v) is 9.01.